The maximum atomic E-state index is 14.2. The van der Waals surface area contributed by atoms with Crippen LogP contribution in [-0.2, 0) is 4.79 Å². The van der Waals surface area contributed by atoms with E-state index in [1.807, 2.05) is 64.9 Å². The molecule has 1 fully saturated rings. The minimum atomic E-state index is -0.503. The SMILES string of the molecule is CC(C)CN1C(=O)c2ccccc2[C@H](C(=O)Nc2ccccc2N2CCN(C)CC2)[C@H]1c1cccs1. The van der Waals surface area contributed by atoms with Crippen molar-refractivity contribution in [1.82, 2.24) is 9.80 Å². The zero-order valence-corrected chi connectivity index (χ0v) is 22.0. The Bertz CT molecular complexity index is 1220. The number of para-hydroxylation sites is 2. The van der Waals surface area contributed by atoms with Crippen molar-refractivity contribution in [2.24, 2.45) is 5.92 Å². The molecule has 3 heterocycles. The van der Waals surface area contributed by atoms with Crippen molar-refractivity contribution in [3.8, 4) is 0 Å². The average Bonchev–Trinajstić information content (AvgIpc) is 3.41. The molecule has 0 radical (unpaired) electrons. The van der Waals surface area contributed by atoms with Crippen molar-refractivity contribution in [2.75, 3.05) is 50.0 Å². The molecule has 36 heavy (non-hydrogen) atoms. The van der Waals surface area contributed by atoms with Crippen LogP contribution in [0.3, 0.4) is 0 Å². The van der Waals surface area contributed by atoms with E-state index in [9.17, 15) is 9.59 Å². The molecular formula is C29H34N4O2S. The number of anilines is 2. The number of amides is 2. The van der Waals surface area contributed by atoms with Crippen LogP contribution in [-0.4, -0.2) is 61.4 Å². The number of nitrogens with zero attached hydrogens (tertiary/aromatic N) is 3. The van der Waals surface area contributed by atoms with Gasteiger partial charge in [0.15, 0.2) is 0 Å². The molecule has 0 bridgehead atoms. The number of thiophene rings is 1. The summed E-state index contributed by atoms with van der Waals surface area (Å²) in [5, 5.41) is 5.30. The van der Waals surface area contributed by atoms with Crippen molar-refractivity contribution < 1.29 is 9.59 Å². The zero-order valence-electron chi connectivity index (χ0n) is 21.2. The molecule has 0 saturated carbocycles. The molecule has 2 amide bonds. The largest absolute Gasteiger partial charge is 0.367 e. The Morgan fingerprint density at radius 2 is 1.72 bits per heavy atom. The average molecular weight is 503 g/mol. The molecule has 1 N–H and O–H groups in total. The van der Waals surface area contributed by atoms with Gasteiger partial charge in [-0.15, -0.1) is 11.3 Å². The minimum absolute atomic E-state index is 0.000383. The molecule has 1 aromatic heterocycles. The van der Waals surface area contributed by atoms with E-state index in [0.717, 1.165) is 48.0 Å². The smallest absolute Gasteiger partial charge is 0.254 e. The summed E-state index contributed by atoms with van der Waals surface area (Å²) in [5.41, 5.74) is 3.29. The maximum absolute atomic E-state index is 14.2. The second-order valence-electron chi connectivity index (χ2n) is 10.2. The number of fused-ring (bicyclic) bond motifs is 1. The predicted octanol–water partition coefficient (Wildman–Crippen LogP) is 5.08. The lowest BCUT2D eigenvalue weighted by molar-refractivity contribution is -0.119. The van der Waals surface area contributed by atoms with Gasteiger partial charge in [-0.05, 0) is 48.2 Å². The van der Waals surface area contributed by atoms with Crippen LogP contribution in [0, 0.1) is 5.92 Å². The topological polar surface area (TPSA) is 55.9 Å². The van der Waals surface area contributed by atoms with Crippen LogP contribution in [0.1, 0.15) is 46.6 Å². The van der Waals surface area contributed by atoms with Crippen molar-refractivity contribution in [1.29, 1.82) is 0 Å². The van der Waals surface area contributed by atoms with Gasteiger partial charge in [-0.25, -0.2) is 0 Å². The number of hydrogen-bond acceptors (Lipinski definition) is 5. The molecule has 2 aliphatic rings. The van der Waals surface area contributed by atoms with Crippen LogP contribution in [0.25, 0.3) is 0 Å². The van der Waals surface area contributed by atoms with Gasteiger partial charge in [0, 0.05) is 43.2 Å². The van der Waals surface area contributed by atoms with E-state index in [1.54, 1.807) is 11.3 Å². The van der Waals surface area contributed by atoms with E-state index in [4.69, 9.17) is 0 Å². The summed E-state index contributed by atoms with van der Waals surface area (Å²) >= 11 is 1.60. The molecule has 0 aliphatic carbocycles. The Hall–Kier alpha value is -3.16. The Kier molecular flexibility index (Phi) is 7.12. The van der Waals surface area contributed by atoms with Crippen molar-refractivity contribution in [3.63, 3.8) is 0 Å². The van der Waals surface area contributed by atoms with Gasteiger partial charge in [-0.3, -0.25) is 9.59 Å². The predicted molar refractivity (Wildman–Crippen MR) is 147 cm³/mol. The molecule has 188 valence electrons. The first kappa shape index (κ1) is 24.5. The van der Waals surface area contributed by atoms with Crippen LogP contribution >= 0.6 is 11.3 Å². The fraction of sp³-hybridized carbons (Fsp3) is 0.379. The first-order chi connectivity index (χ1) is 17.4. The standard InChI is InChI=1S/C29H34N4O2S/c1-20(2)19-33-27(25-13-8-18-36-25)26(21-9-4-5-10-22(21)29(33)35)28(34)30-23-11-6-7-12-24(23)32-16-14-31(3)15-17-32/h4-13,18,20,26-27H,14-17,19H2,1-3H3,(H,30,34)/t26-,27+/m0/s1. The number of hydrogen-bond donors (Lipinski definition) is 1. The second kappa shape index (κ2) is 10.4. The molecule has 2 aromatic carbocycles. The normalized spacial score (nSPS) is 20.5. The van der Waals surface area contributed by atoms with Gasteiger partial charge in [0.1, 0.15) is 0 Å². The molecule has 0 spiro atoms. The van der Waals surface area contributed by atoms with Gasteiger partial charge in [0.05, 0.1) is 23.3 Å². The highest BCUT2D eigenvalue weighted by atomic mass is 32.1. The summed E-state index contributed by atoms with van der Waals surface area (Å²) in [7, 11) is 2.14. The number of rotatable bonds is 6. The molecule has 6 nitrogen and oxygen atoms in total. The molecule has 1 saturated heterocycles. The summed E-state index contributed by atoms with van der Waals surface area (Å²) < 4.78 is 0. The second-order valence-corrected chi connectivity index (χ2v) is 11.2. The molecule has 2 atom stereocenters. The van der Waals surface area contributed by atoms with E-state index in [0.29, 0.717) is 12.1 Å². The van der Waals surface area contributed by atoms with E-state index < -0.39 is 5.92 Å². The zero-order chi connectivity index (χ0) is 25.2. The third kappa shape index (κ3) is 4.77. The summed E-state index contributed by atoms with van der Waals surface area (Å²) in [6, 6.07) is 19.4. The fourth-order valence-electron chi connectivity index (χ4n) is 5.36. The monoisotopic (exact) mass is 502 g/mol. The van der Waals surface area contributed by atoms with Crippen LogP contribution in [0.5, 0.6) is 0 Å². The van der Waals surface area contributed by atoms with Gasteiger partial charge < -0.3 is 20.0 Å². The first-order valence-corrected chi connectivity index (χ1v) is 13.6. The summed E-state index contributed by atoms with van der Waals surface area (Å²) in [6.07, 6.45) is 0. The van der Waals surface area contributed by atoms with Gasteiger partial charge in [0.2, 0.25) is 5.91 Å². The van der Waals surface area contributed by atoms with Crippen molar-refractivity contribution in [3.05, 3.63) is 82.0 Å². The molecule has 5 rings (SSSR count). The van der Waals surface area contributed by atoms with E-state index in [1.165, 1.54) is 0 Å². The van der Waals surface area contributed by atoms with Crippen LogP contribution < -0.4 is 10.2 Å². The Balaban J connectivity index is 1.54. The molecule has 0 unspecified atom stereocenters. The van der Waals surface area contributed by atoms with Crippen LogP contribution in [0.15, 0.2) is 66.0 Å². The highest BCUT2D eigenvalue weighted by Crippen LogP contribution is 2.45. The minimum Gasteiger partial charge on any atom is -0.367 e. The lowest BCUT2D eigenvalue weighted by atomic mass is 9.81. The molecule has 2 aliphatic heterocycles. The Morgan fingerprint density at radius 3 is 2.44 bits per heavy atom. The van der Waals surface area contributed by atoms with Gasteiger partial charge in [0.25, 0.3) is 5.91 Å². The highest BCUT2D eigenvalue weighted by Gasteiger charge is 2.44. The molecule has 3 aromatic rings. The van der Waals surface area contributed by atoms with Gasteiger partial charge in [-0.1, -0.05) is 50.2 Å². The fourth-order valence-corrected chi connectivity index (χ4v) is 6.23. The summed E-state index contributed by atoms with van der Waals surface area (Å²) in [4.78, 5) is 35.5. The molecular weight excluding hydrogens is 468 g/mol. The summed E-state index contributed by atoms with van der Waals surface area (Å²) in [5.74, 6) is -0.302. The van der Waals surface area contributed by atoms with Crippen molar-refractivity contribution in [2.45, 2.75) is 25.8 Å². The number of carbonyl (C=O) groups excluding carboxylic acids is 2. The summed E-state index contributed by atoms with van der Waals surface area (Å²) in [6.45, 7) is 8.64. The Morgan fingerprint density at radius 1 is 1.00 bits per heavy atom. The lowest BCUT2D eigenvalue weighted by Crippen LogP contribution is -2.47. The van der Waals surface area contributed by atoms with Crippen LogP contribution in [0.4, 0.5) is 11.4 Å². The molecule has 7 heteroatoms. The van der Waals surface area contributed by atoms with Crippen LogP contribution in [0.2, 0.25) is 0 Å². The van der Waals surface area contributed by atoms with Gasteiger partial charge in [-0.2, -0.15) is 0 Å². The number of carbonyl (C=O) groups is 2. The number of piperazine rings is 1. The van der Waals surface area contributed by atoms with Crippen molar-refractivity contribution >= 4 is 34.5 Å². The number of benzene rings is 2. The lowest BCUT2D eigenvalue weighted by Gasteiger charge is -2.42. The third-order valence-corrected chi connectivity index (χ3v) is 8.07. The van der Waals surface area contributed by atoms with Gasteiger partial charge >= 0.3 is 0 Å². The highest BCUT2D eigenvalue weighted by molar-refractivity contribution is 7.10. The Labute approximate surface area is 217 Å². The quantitative estimate of drug-likeness (QED) is 0.511. The first-order valence-electron chi connectivity index (χ1n) is 12.7. The van der Waals surface area contributed by atoms with E-state index >= 15 is 0 Å². The maximum Gasteiger partial charge on any atom is 0.254 e. The van der Waals surface area contributed by atoms with E-state index in [2.05, 4.69) is 42.1 Å². The third-order valence-electron chi connectivity index (χ3n) is 7.12. The number of likely N-dealkylation sites (N-methyl/N-ethyl adjacent to an activating group) is 1. The number of nitrogens with one attached hydrogen (secondary N) is 1. The van der Waals surface area contributed by atoms with E-state index in [-0.39, 0.29) is 23.8 Å².